The highest BCUT2D eigenvalue weighted by Crippen LogP contribution is 2.18. The highest BCUT2D eigenvalue weighted by molar-refractivity contribution is 7.98. The first kappa shape index (κ1) is 11.4. The molecule has 0 bridgehead atoms. The van der Waals surface area contributed by atoms with Gasteiger partial charge in [0.25, 0.3) is 0 Å². The molecule has 0 fully saturated rings. The lowest BCUT2D eigenvalue weighted by molar-refractivity contribution is 0.949. The van der Waals surface area contributed by atoms with Crippen molar-refractivity contribution in [2.24, 2.45) is 0 Å². The normalized spacial score (nSPS) is 10.4. The van der Waals surface area contributed by atoms with Crippen molar-refractivity contribution in [2.75, 3.05) is 0 Å². The van der Waals surface area contributed by atoms with Gasteiger partial charge in [-0.2, -0.15) is 0 Å². The molecule has 0 aliphatic heterocycles. The molecule has 0 atom stereocenters. The summed E-state index contributed by atoms with van der Waals surface area (Å²) in [6, 6.07) is 3.74. The van der Waals surface area contributed by atoms with Crippen LogP contribution < -0.4 is 0 Å². The number of hydrogen-bond acceptors (Lipinski definition) is 4. The van der Waals surface area contributed by atoms with E-state index in [9.17, 15) is 0 Å². The van der Waals surface area contributed by atoms with Crippen molar-refractivity contribution in [2.45, 2.75) is 17.8 Å². The molecule has 0 spiro atoms. The van der Waals surface area contributed by atoms with Crippen LogP contribution in [-0.4, -0.2) is 15.0 Å². The van der Waals surface area contributed by atoms with E-state index in [0.717, 1.165) is 22.0 Å². The zero-order chi connectivity index (χ0) is 11.4. The van der Waals surface area contributed by atoms with Crippen LogP contribution in [0.15, 0.2) is 35.9 Å². The molecule has 0 radical (unpaired) electrons. The maximum atomic E-state index is 5.70. The van der Waals surface area contributed by atoms with E-state index in [1.165, 1.54) is 0 Å². The fourth-order valence-electron chi connectivity index (χ4n) is 1.09. The molecule has 2 aromatic rings. The van der Waals surface area contributed by atoms with Crippen LogP contribution in [0.3, 0.4) is 0 Å². The molecule has 0 amide bonds. The van der Waals surface area contributed by atoms with Crippen LogP contribution in [0.4, 0.5) is 0 Å². The lowest BCUT2D eigenvalue weighted by Gasteiger charge is -2.00. The second kappa shape index (κ2) is 5.27. The minimum Gasteiger partial charge on any atom is -0.244 e. The Balaban J connectivity index is 1.97. The maximum absolute atomic E-state index is 5.70. The SMILES string of the molecule is Cc1cnc(SCc2ccc(Cl)nc2)nc1. The average molecular weight is 252 g/mol. The Labute approximate surface area is 103 Å². The standard InChI is InChI=1S/C11H10ClN3S/c1-8-4-14-11(15-5-8)16-7-9-2-3-10(12)13-6-9/h2-6H,7H2,1H3. The Morgan fingerprint density at radius 3 is 2.50 bits per heavy atom. The summed E-state index contributed by atoms with van der Waals surface area (Å²) in [7, 11) is 0. The van der Waals surface area contributed by atoms with E-state index < -0.39 is 0 Å². The highest BCUT2D eigenvalue weighted by Gasteiger charge is 1.99. The Hall–Kier alpha value is -1.13. The molecule has 3 nitrogen and oxygen atoms in total. The van der Waals surface area contributed by atoms with Crippen molar-refractivity contribution in [3.63, 3.8) is 0 Å². The minimum absolute atomic E-state index is 0.514. The van der Waals surface area contributed by atoms with E-state index >= 15 is 0 Å². The fourth-order valence-corrected chi connectivity index (χ4v) is 1.93. The summed E-state index contributed by atoms with van der Waals surface area (Å²) in [6.45, 7) is 1.97. The third kappa shape index (κ3) is 3.18. The molecule has 0 N–H and O–H groups in total. The van der Waals surface area contributed by atoms with E-state index in [2.05, 4.69) is 15.0 Å². The summed E-state index contributed by atoms with van der Waals surface area (Å²) < 4.78 is 0. The molecule has 0 aliphatic rings. The first-order chi connectivity index (χ1) is 7.74. The van der Waals surface area contributed by atoms with E-state index in [1.807, 2.05) is 25.4 Å². The number of hydrogen-bond donors (Lipinski definition) is 0. The Kier molecular flexibility index (Phi) is 3.74. The molecule has 82 valence electrons. The van der Waals surface area contributed by atoms with Gasteiger partial charge in [-0.05, 0) is 24.1 Å². The van der Waals surface area contributed by atoms with Crippen molar-refractivity contribution >= 4 is 23.4 Å². The van der Waals surface area contributed by atoms with Gasteiger partial charge in [0.05, 0.1) is 0 Å². The van der Waals surface area contributed by atoms with E-state index in [-0.39, 0.29) is 0 Å². The van der Waals surface area contributed by atoms with Gasteiger partial charge in [-0.1, -0.05) is 29.4 Å². The summed E-state index contributed by atoms with van der Waals surface area (Å²) in [5.41, 5.74) is 2.18. The molecular weight excluding hydrogens is 242 g/mol. The number of thioether (sulfide) groups is 1. The molecule has 0 aromatic carbocycles. The number of rotatable bonds is 3. The van der Waals surface area contributed by atoms with Crippen LogP contribution in [0.25, 0.3) is 0 Å². The monoisotopic (exact) mass is 251 g/mol. The van der Waals surface area contributed by atoms with Gasteiger partial charge < -0.3 is 0 Å². The number of nitrogens with zero attached hydrogens (tertiary/aromatic N) is 3. The van der Waals surface area contributed by atoms with Gasteiger partial charge in [0.15, 0.2) is 5.16 Å². The van der Waals surface area contributed by atoms with Gasteiger partial charge >= 0.3 is 0 Å². The smallest absolute Gasteiger partial charge is 0.187 e. The molecule has 2 rings (SSSR count). The first-order valence-electron chi connectivity index (χ1n) is 4.76. The third-order valence-electron chi connectivity index (χ3n) is 1.91. The van der Waals surface area contributed by atoms with E-state index in [0.29, 0.717) is 5.15 Å². The molecule has 2 aromatic heterocycles. The molecule has 0 aliphatic carbocycles. The molecule has 5 heteroatoms. The van der Waals surface area contributed by atoms with Gasteiger partial charge in [-0.25, -0.2) is 15.0 Å². The molecule has 16 heavy (non-hydrogen) atoms. The molecular formula is C11H10ClN3S. The van der Waals surface area contributed by atoms with E-state index in [4.69, 9.17) is 11.6 Å². The number of aromatic nitrogens is 3. The number of pyridine rings is 1. The van der Waals surface area contributed by atoms with Crippen LogP contribution in [0.2, 0.25) is 5.15 Å². The predicted octanol–water partition coefficient (Wildman–Crippen LogP) is 3.13. The summed E-state index contributed by atoms with van der Waals surface area (Å²) in [6.07, 6.45) is 5.40. The Morgan fingerprint density at radius 2 is 1.88 bits per heavy atom. The van der Waals surface area contributed by atoms with Gasteiger partial charge in [0.2, 0.25) is 0 Å². The third-order valence-corrected chi connectivity index (χ3v) is 3.08. The molecule has 0 saturated heterocycles. The molecule has 2 heterocycles. The predicted molar refractivity (Wildman–Crippen MR) is 65.6 cm³/mol. The van der Waals surface area contributed by atoms with E-state index in [1.54, 1.807) is 24.0 Å². The summed E-state index contributed by atoms with van der Waals surface area (Å²) >= 11 is 7.29. The van der Waals surface area contributed by atoms with Gasteiger partial charge in [0, 0.05) is 24.3 Å². The van der Waals surface area contributed by atoms with Crippen molar-refractivity contribution in [1.29, 1.82) is 0 Å². The van der Waals surface area contributed by atoms with Gasteiger partial charge in [-0.15, -0.1) is 0 Å². The van der Waals surface area contributed by atoms with Crippen LogP contribution in [0, 0.1) is 6.92 Å². The van der Waals surface area contributed by atoms with Crippen LogP contribution >= 0.6 is 23.4 Å². The minimum atomic E-state index is 0.514. The topological polar surface area (TPSA) is 38.7 Å². The maximum Gasteiger partial charge on any atom is 0.187 e. The van der Waals surface area contributed by atoms with Crippen molar-refractivity contribution < 1.29 is 0 Å². The summed E-state index contributed by atoms with van der Waals surface area (Å²) in [5, 5.41) is 1.29. The van der Waals surface area contributed by atoms with Crippen LogP contribution in [0.1, 0.15) is 11.1 Å². The summed E-state index contributed by atoms with van der Waals surface area (Å²) in [5.74, 6) is 0.799. The second-order valence-electron chi connectivity index (χ2n) is 3.32. The fraction of sp³-hybridized carbons (Fsp3) is 0.182. The zero-order valence-corrected chi connectivity index (χ0v) is 10.3. The van der Waals surface area contributed by atoms with Gasteiger partial charge in [-0.3, -0.25) is 0 Å². The first-order valence-corrected chi connectivity index (χ1v) is 6.12. The Bertz CT molecular complexity index is 410. The van der Waals surface area contributed by atoms with Crippen LogP contribution in [0.5, 0.6) is 0 Å². The van der Waals surface area contributed by atoms with Crippen molar-refractivity contribution in [1.82, 2.24) is 15.0 Å². The van der Waals surface area contributed by atoms with Crippen LogP contribution in [-0.2, 0) is 5.75 Å². The lowest BCUT2D eigenvalue weighted by Crippen LogP contribution is -1.88. The number of aryl methyl sites for hydroxylation is 1. The number of halogens is 1. The summed E-state index contributed by atoms with van der Waals surface area (Å²) in [4.78, 5) is 12.4. The second-order valence-corrected chi connectivity index (χ2v) is 4.65. The largest absolute Gasteiger partial charge is 0.244 e. The Morgan fingerprint density at radius 1 is 1.12 bits per heavy atom. The quantitative estimate of drug-likeness (QED) is 0.477. The van der Waals surface area contributed by atoms with Gasteiger partial charge in [0.1, 0.15) is 5.15 Å². The van der Waals surface area contributed by atoms with Crippen molar-refractivity contribution in [3.8, 4) is 0 Å². The van der Waals surface area contributed by atoms with Crippen molar-refractivity contribution in [3.05, 3.63) is 47.0 Å². The highest BCUT2D eigenvalue weighted by atomic mass is 35.5. The average Bonchev–Trinajstić information content (AvgIpc) is 2.30. The molecule has 0 unspecified atom stereocenters. The molecule has 0 saturated carbocycles. The zero-order valence-electron chi connectivity index (χ0n) is 8.72. The lowest BCUT2D eigenvalue weighted by atomic mass is 10.3.